The van der Waals surface area contributed by atoms with E-state index in [-0.39, 0.29) is 19.1 Å². The van der Waals surface area contributed by atoms with E-state index in [2.05, 4.69) is 10.6 Å². The molecule has 0 unspecified atom stereocenters. The average Bonchev–Trinajstić information content (AvgIpc) is 3.31. The van der Waals surface area contributed by atoms with Crippen LogP contribution in [0.1, 0.15) is 22.8 Å². The molecule has 0 aliphatic rings. The molecule has 0 atom stereocenters. The maximum absolute atomic E-state index is 12.5. The van der Waals surface area contributed by atoms with Crippen LogP contribution < -0.4 is 10.6 Å². The molecule has 0 aliphatic carbocycles. The largest absolute Gasteiger partial charge is 0.462 e. The van der Waals surface area contributed by atoms with E-state index in [4.69, 9.17) is 16.3 Å². The van der Waals surface area contributed by atoms with Crippen LogP contribution in [0.4, 0.5) is 5.00 Å². The predicted octanol–water partition coefficient (Wildman–Crippen LogP) is 5.04. The van der Waals surface area contributed by atoms with Crippen LogP contribution in [0.2, 0.25) is 5.02 Å². The lowest BCUT2D eigenvalue weighted by Gasteiger charge is -2.09. The van der Waals surface area contributed by atoms with Gasteiger partial charge in [-0.25, -0.2) is 4.79 Å². The molecule has 2 aromatic heterocycles. The molecule has 0 saturated carbocycles. The predicted molar refractivity (Wildman–Crippen MR) is 115 cm³/mol. The molecular weight excluding hydrogens is 416 g/mol. The smallest absolute Gasteiger partial charge is 0.341 e. The number of halogens is 1. The summed E-state index contributed by atoms with van der Waals surface area (Å²) in [5, 5.41) is 10.9. The minimum atomic E-state index is -0.436. The van der Waals surface area contributed by atoms with Crippen molar-refractivity contribution >= 4 is 51.2 Å². The lowest BCUT2D eigenvalue weighted by Crippen LogP contribution is -2.28. The summed E-state index contributed by atoms with van der Waals surface area (Å²) >= 11 is 8.81. The van der Waals surface area contributed by atoms with E-state index in [0.717, 1.165) is 16.0 Å². The topological polar surface area (TPSA) is 67.4 Å². The lowest BCUT2D eigenvalue weighted by atomic mass is 10.1. The number of hydrogen-bond donors (Lipinski definition) is 2. The Morgan fingerprint density at radius 2 is 2.04 bits per heavy atom. The van der Waals surface area contributed by atoms with Crippen LogP contribution in [-0.4, -0.2) is 25.0 Å². The van der Waals surface area contributed by atoms with Gasteiger partial charge in [0.05, 0.1) is 13.2 Å². The zero-order chi connectivity index (χ0) is 19.9. The van der Waals surface area contributed by atoms with Crippen LogP contribution in [0.15, 0.2) is 47.2 Å². The van der Waals surface area contributed by atoms with Gasteiger partial charge in [-0.3, -0.25) is 4.79 Å². The second-order valence-corrected chi connectivity index (χ2v) is 8.10. The van der Waals surface area contributed by atoms with Crippen molar-refractivity contribution in [2.45, 2.75) is 13.5 Å². The molecule has 2 heterocycles. The first-order valence-corrected chi connectivity index (χ1v) is 10.8. The molecule has 146 valence electrons. The Kier molecular flexibility index (Phi) is 7.22. The molecule has 1 amide bonds. The van der Waals surface area contributed by atoms with Crippen LogP contribution in [0.25, 0.3) is 10.4 Å². The second kappa shape index (κ2) is 9.84. The Balaban J connectivity index is 1.67. The molecule has 0 saturated heterocycles. The van der Waals surface area contributed by atoms with E-state index < -0.39 is 5.97 Å². The molecule has 28 heavy (non-hydrogen) atoms. The van der Waals surface area contributed by atoms with Gasteiger partial charge in [0.1, 0.15) is 10.6 Å². The summed E-state index contributed by atoms with van der Waals surface area (Å²) < 4.78 is 5.19. The van der Waals surface area contributed by atoms with Crippen LogP contribution in [0, 0.1) is 0 Å². The van der Waals surface area contributed by atoms with Crippen molar-refractivity contribution in [1.29, 1.82) is 0 Å². The summed E-state index contributed by atoms with van der Waals surface area (Å²) in [4.78, 5) is 25.8. The number of rotatable bonds is 8. The third kappa shape index (κ3) is 5.20. The normalized spacial score (nSPS) is 10.6. The minimum absolute atomic E-state index is 0.112. The van der Waals surface area contributed by atoms with E-state index in [1.165, 1.54) is 22.7 Å². The fraction of sp³-hybridized carbons (Fsp3) is 0.200. The molecule has 0 fully saturated rings. The average molecular weight is 435 g/mol. The zero-order valence-corrected chi connectivity index (χ0v) is 17.5. The summed E-state index contributed by atoms with van der Waals surface area (Å²) in [6.45, 7) is 2.66. The molecule has 8 heteroatoms. The number of ether oxygens (including phenoxy) is 1. The fourth-order valence-electron chi connectivity index (χ4n) is 2.61. The standard InChI is InChI=1S/C20H19ClN2O3S2/c1-2-26-20(25)18-15(16-7-4-8-27-16)12-28-19(18)23-17(24)11-22-10-13-5-3-6-14(21)9-13/h3-9,12,22H,2,10-11H2,1H3,(H,23,24). The van der Waals surface area contributed by atoms with E-state index in [9.17, 15) is 9.59 Å². The lowest BCUT2D eigenvalue weighted by molar-refractivity contribution is -0.115. The first-order chi connectivity index (χ1) is 13.6. The number of hydrogen-bond acceptors (Lipinski definition) is 6. The first kappa shape index (κ1) is 20.5. The molecule has 0 aliphatic heterocycles. The van der Waals surface area contributed by atoms with Crippen molar-refractivity contribution in [3.05, 3.63) is 63.3 Å². The zero-order valence-electron chi connectivity index (χ0n) is 15.2. The third-order valence-corrected chi connectivity index (χ3v) is 5.85. The summed E-state index contributed by atoms with van der Waals surface area (Å²) in [6.07, 6.45) is 0. The molecule has 0 spiro atoms. The van der Waals surface area contributed by atoms with Crippen molar-refractivity contribution in [1.82, 2.24) is 5.32 Å². The quantitative estimate of drug-likeness (QED) is 0.487. The van der Waals surface area contributed by atoms with Crippen molar-refractivity contribution < 1.29 is 14.3 Å². The number of amides is 1. The molecule has 0 radical (unpaired) electrons. The Morgan fingerprint density at radius 3 is 2.75 bits per heavy atom. The van der Waals surface area contributed by atoms with E-state index in [1.54, 1.807) is 13.0 Å². The highest BCUT2D eigenvalue weighted by Crippen LogP contribution is 2.38. The highest BCUT2D eigenvalue weighted by Gasteiger charge is 2.23. The maximum atomic E-state index is 12.5. The van der Waals surface area contributed by atoms with Crippen LogP contribution in [0.5, 0.6) is 0 Å². The monoisotopic (exact) mass is 434 g/mol. The fourth-order valence-corrected chi connectivity index (χ4v) is 4.61. The van der Waals surface area contributed by atoms with E-state index in [1.807, 2.05) is 41.1 Å². The van der Waals surface area contributed by atoms with Crippen molar-refractivity contribution in [2.24, 2.45) is 0 Å². The molecule has 2 N–H and O–H groups in total. The van der Waals surface area contributed by atoms with Crippen LogP contribution >= 0.6 is 34.3 Å². The number of carbonyl (C=O) groups is 2. The number of nitrogens with one attached hydrogen (secondary N) is 2. The minimum Gasteiger partial charge on any atom is -0.462 e. The van der Waals surface area contributed by atoms with Gasteiger partial charge in [0.2, 0.25) is 5.91 Å². The highest BCUT2D eigenvalue weighted by molar-refractivity contribution is 7.17. The third-order valence-electron chi connectivity index (χ3n) is 3.81. The van der Waals surface area contributed by atoms with Crippen molar-refractivity contribution in [2.75, 3.05) is 18.5 Å². The number of esters is 1. The molecular formula is C20H19ClN2O3S2. The van der Waals surface area contributed by atoms with E-state index in [0.29, 0.717) is 22.1 Å². The number of carbonyl (C=O) groups excluding carboxylic acids is 2. The number of thiophene rings is 2. The summed E-state index contributed by atoms with van der Waals surface area (Å²) in [5.74, 6) is -0.665. The number of benzene rings is 1. The van der Waals surface area contributed by atoms with Crippen LogP contribution in [-0.2, 0) is 16.1 Å². The molecule has 0 bridgehead atoms. The summed E-state index contributed by atoms with van der Waals surface area (Å²) in [7, 11) is 0. The molecule has 3 rings (SSSR count). The molecule has 3 aromatic rings. The molecule has 1 aromatic carbocycles. The van der Waals surface area contributed by atoms with E-state index >= 15 is 0 Å². The van der Waals surface area contributed by atoms with Gasteiger partial charge in [-0.1, -0.05) is 29.8 Å². The molecule has 5 nitrogen and oxygen atoms in total. The van der Waals surface area contributed by atoms with Gasteiger partial charge in [-0.2, -0.15) is 0 Å². The SMILES string of the molecule is CCOC(=O)c1c(-c2cccs2)csc1NC(=O)CNCc1cccc(Cl)c1. The van der Waals surface area contributed by atoms with Crippen molar-refractivity contribution in [3.63, 3.8) is 0 Å². The maximum Gasteiger partial charge on any atom is 0.341 e. The van der Waals surface area contributed by atoms with Crippen LogP contribution in [0.3, 0.4) is 0 Å². The van der Waals surface area contributed by atoms with Crippen molar-refractivity contribution in [3.8, 4) is 10.4 Å². The summed E-state index contributed by atoms with van der Waals surface area (Å²) in [5.41, 5.74) is 2.17. The number of anilines is 1. The van der Waals surface area contributed by atoms with Gasteiger partial charge in [-0.05, 0) is 36.1 Å². The van der Waals surface area contributed by atoms with Gasteiger partial charge in [0, 0.05) is 27.4 Å². The Hall–Kier alpha value is -2.19. The Bertz CT molecular complexity index is 954. The highest BCUT2D eigenvalue weighted by atomic mass is 35.5. The Morgan fingerprint density at radius 1 is 1.18 bits per heavy atom. The van der Waals surface area contributed by atoms with Gasteiger partial charge >= 0.3 is 5.97 Å². The first-order valence-electron chi connectivity index (χ1n) is 8.66. The Labute approximate surface area is 176 Å². The van der Waals surface area contributed by atoms with Gasteiger partial charge in [0.25, 0.3) is 0 Å². The van der Waals surface area contributed by atoms with Gasteiger partial charge in [-0.15, -0.1) is 22.7 Å². The van der Waals surface area contributed by atoms with Gasteiger partial charge in [0.15, 0.2) is 0 Å². The summed E-state index contributed by atoms with van der Waals surface area (Å²) in [6, 6.07) is 11.3. The van der Waals surface area contributed by atoms with Gasteiger partial charge < -0.3 is 15.4 Å². The second-order valence-electron chi connectivity index (χ2n) is 5.83.